The van der Waals surface area contributed by atoms with Gasteiger partial charge in [-0.2, -0.15) is 0 Å². The summed E-state index contributed by atoms with van der Waals surface area (Å²) >= 11 is 0. The number of aliphatic hydroxyl groups is 1. The van der Waals surface area contributed by atoms with Gasteiger partial charge in [-0.1, -0.05) is 259 Å². The van der Waals surface area contributed by atoms with E-state index in [4.69, 9.17) is 9.05 Å². The molecule has 0 aliphatic heterocycles. The number of phosphoric ester groups is 1. The molecule has 8 nitrogen and oxygen atoms in total. The number of phosphoric acid groups is 1. The van der Waals surface area contributed by atoms with Crippen molar-refractivity contribution in [2.24, 2.45) is 0 Å². The molecule has 0 aromatic heterocycles. The molecule has 0 saturated heterocycles. The summed E-state index contributed by atoms with van der Waals surface area (Å²) in [7, 11) is 1.54. The van der Waals surface area contributed by atoms with Gasteiger partial charge >= 0.3 is 7.82 Å². The Labute approximate surface area is 439 Å². The van der Waals surface area contributed by atoms with Gasteiger partial charge in [-0.15, -0.1) is 0 Å². The first kappa shape index (κ1) is 68.7. The van der Waals surface area contributed by atoms with Crippen LogP contribution >= 0.6 is 7.82 Å². The number of amides is 1. The van der Waals surface area contributed by atoms with Crippen molar-refractivity contribution in [1.82, 2.24) is 5.32 Å². The Bertz CT molecular complexity index is 1430. The molecule has 1 amide bonds. The first-order valence-corrected chi connectivity index (χ1v) is 31.0. The molecule has 9 heteroatoms. The summed E-state index contributed by atoms with van der Waals surface area (Å²) in [4.78, 5) is 23.3. The number of carbonyl (C=O) groups excluding carboxylic acids is 1. The van der Waals surface area contributed by atoms with Crippen molar-refractivity contribution in [3.05, 3.63) is 85.1 Å². The van der Waals surface area contributed by atoms with Gasteiger partial charge in [-0.3, -0.25) is 13.8 Å². The largest absolute Gasteiger partial charge is 0.472 e. The molecule has 0 heterocycles. The Morgan fingerprint density at radius 2 is 0.845 bits per heavy atom. The van der Waals surface area contributed by atoms with Crippen LogP contribution in [-0.4, -0.2) is 73.4 Å². The van der Waals surface area contributed by atoms with Gasteiger partial charge in [0.2, 0.25) is 5.91 Å². The summed E-state index contributed by atoms with van der Waals surface area (Å²) in [6, 6.07) is -0.876. The van der Waals surface area contributed by atoms with Crippen LogP contribution in [0.25, 0.3) is 0 Å². The minimum Gasteiger partial charge on any atom is -0.387 e. The fourth-order valence-electron chi connectivity index (χ4n) is 8.28. The molecule has 71 heavy (non-hydrogen) atoms. The summed E-state index contributed by atoms with van der Waals surface area (Å²) in [6.45, 7) is 4.68. The van der Waals surface area contributed by atoms with E-state index in [2.05, 4.69) is 92.1 Å². The molecule has 0 spiro atoms. The monoisotopic (exact) mass is 1010 g/mol. The normalized spacial score (nSPS) is 14.5. The van der Waals surface area contributed by atoms with E-state index in [-0.39, 0.29) is 19.1 Å². The molecule has 0 fully saturated rings. The van der Waals surface area contributed by atoms with Crippen LogP contribution in [0.4, 0.5) is 0 Å². The van der Waals surface area contributed by atoms with Crippen molar-refractivity contribution in [2.75, 3.05) is 40.9 Å². The predicted molar refractivity (Wildman–Crippen MR) is 309 cm³/mol. The average Bonchev–Trinajstić information content (AvgIpc) is 3.33. The molecule has 0 aromatic carbocycles. The van der Waals surface area contributed by atoms with Crippen molar-refractivity contribution in [3.8, 4) is 0 Å². The van der Waals surface area contributed by atoms with Gasteiger partial charge in [-0.25, -0.2) is 4.57 Å². The summed E-state index contributed by atoms with van der Waals surface area (Å²) < 4.78 is 23.7. The van der Waals surface area contributed by atoms with E-state index in [1.165, 1.54) is 154 Å². The summed E-state index contributed by atoms with van der Waals surface area (Å²) in [5, 5.41) is 13.9. The van der Waals surface area contributed by atoms with Gasteiger partial charge in [0.15, 0.2) is 0 Å². The first-order valence-electron chi connectivity index (χ1n) is 29.5. The maximum absolute atomic E-state index is 13.0. The van der Waals surface area contributed by atoms with E-state index in [1.807, 2.05) is 27.2 Å². The fraction of sp³-hybridized carbons (Fsp3) is 0.758. The van der Waals surface area contributed by atoms with Gasteiger partial charge in [-0.05, 0) is 70.6 Å². The highest BCUT2D eigenvalue weighted by Gasteiger charge is 2.27. The van der Waals surface area contributed by atoms with Gasteiger partial charge in [0.25, 0.3) is 0 Å². The number of hydrogen-bond donors (Lipinski definition) is 3. The number of aliphatic hydroxyl groups excluding tert-OH is 1. The molecule has 0 aromatic rings. The zero-order valence-electron chi connectivity index (χ0n) is 46.9. The maximum Gasteiger partial charge on any atom is 0.472 e. The molecule has 0 aliphatic rings. The van der Waals surface area contributed by atoms with E-state index in [0.29, 0.717) is 23.9 Å². The predicted octanol–water partition coefficient (Wildman–Crippen LogP) is 18.0. The average molecular weight is 1010 g/mol. The standard InChI is InChI=1S/C62H113N2O6P/c1-6-8-10-12-14-16-18-20-22-24-26-28-29-30-31-32-33-34-36-37-39-41-43-45-47-49-51-53-55-61(65)60(59-70-71(67,68)69-58-57-64(3,4)5)63-62(66)56-54-52-50-48-46-44-42-40-38-35-27-25-23-21-19-17-15-13-11-9-7-2/h9,11,15,17,21,23,27,35,40,42,46,48,53,55,60-61,65H,6-8,10,12-14,16,18-20,22,24-26,28-34,36-39,41,43-45,47,49-52,54,56-59H2,1-5H3,(H-,63,66,67,68)/p+1/b11-9-,17-15-,23-21-,35-27-,42-40-,48-46-,55-53+. The van der Waals surface area contributed by atoms with Crippen molar-refractivity contribution < 1.29 is 32.9 Å². The van der Waals surface area contributed by atoms with Crippen LogP contribution in [0.1, 0.15) is 251 Å². The van der Waals surface area contributed by atoms with Crippen LogP contribution < -0.4 is 5.32 Å². The maximum atomic E-state index is 13.0. The number of carbonyl (C=O) groups is 1. The molecule has 0 saturated carbocycles. The van der Waals surface area contributed by atoms with Crippen LogP contribution in [0, 0.1) is 0 Å². The van der Waals surface area contributed by atoms with Crippen LogP contribution in [0.3, 0.4) is 0 Å². The SMILES string of the molecule is CC/C=C\C/C=C\C/C=C\C/C=C\C/C=C\C/C=C\CCCCC(=O)NC(COP(=O)(O)OCC[N+](C)(C)C)C(O)/C=C/CCCCCCCCCCCCCCCCCCCCCCCCCCCC. The van der Waals surface area contributed by atoms with Gasteiger partial charge in [0, 0.05) is 6.42 Å². The highest BCUT2D eigenvalue weighted by atomic mass is 31.2. The number of likely N-dealkylation sites (N-methyl/N-ethyl adjacent to an activating group) is 1. The summed E-state index contributed by atoms with van der Waals surface area (Å²) in [5.74, 6) is -0.220. The second kappa shape index (κ2) is 52.5. The Balaban J connectivity index is 4.26. The van der Waals surface area contributed by atoms with E-state index in [9.17, 15) is 19.4 Å². The minimum absolute atomic E-state index is 0.0488. The summed E-state index contributed by atoms with van der Waals surface area (Å²) in [5.41, 5.74) is 0. The number of nitrogens with one attached hydrogen (secondary N) is 1. The lowest BCUT2D eigenvalue weighted by molar-refractivity contribution is -0.870. The second-order valence-corrected chi connectivity index (χ2v) is 22.4. The third-order valence-electron chi connectivity index (χ3n) is 12.9. The number of nitrogens with zero attached hydrogens (tertiary/aromatic N) is 1. The van der Waals surface area contributed by atoms with Gasteiger partial charge in [0.1, 0.15) is 13.2 Å². The number of hydrogen-bond acceptors (Lipinski definition) is 5. The molecule has 0 aliphatic carbocycles. The third kappa shape index (κ3) is 55.3. The fourth-order valence-corrected chi connectivity index (χ4v) is 9.02. The van der Waals surface area contributed by atoms with Crippen LogP contribution in [-0.2, 0) is 18.4 Å². The van der Waals surface area contributed by atoms with Crippen LogP contribution in [0.2, 0.25) is 0 Å². The smallest absolute Gasteiger partial charge is 0.387 e. The van der Waals surface area contributed by atoms with Crippen molar-refractivity contribution in [1.29, 1.82) is 0 Å². The van der Waals surface area contributed by atoms with Crippen molar-refractivity contribution >= 4 is 13.7 Å². The van der Waals surface area contributed by atoms with E-state index < -0.39 is 20.0 Å². The van der Waals surface area contributed by atoms with Gasteiger partial charge in [0.05, 0.1) is 39.9 Å². The molecule has 0 rings (SSSR count). The zero-order chi connectivity index (χ0) is 52.0. The van der Waals surface area contributed by atoms with Crippen LogP contribution in [0.5, 0.6) is 0 Å². The molecule has 3 N–H and O–H groups in total. The van der Waals surface area contributed by atoms with Crippen molar-refractivity contribution in [2.45, 2.75) is 264 Å². The molecule has 0 radical (unpaired) electrons. The lowest BCUT2D eigenvalue weighted by Gasteiger charge is -2.25. The Kier molecular flexibility index (Phi) is 50.8. The first-order chi connectivity index (χ1) is 34.5. The number of rotatable bonds is 53. The Morgan fingerprint density at radius 1 is 0.493 bits per heavy atom. The number of quaternary nitrogens is 1. The lowest BCUT2D eigenvalue weighted by atomic mass is 10.0. The Hall–Kier alpha value is -2.32. The van der Waals surface area contributed by atoms with E-state index in [0.717, 1.165) is 70.6 Å². The Morgan fingerprint density at radius 3 is 1.24 bits per heavy atom. The highest BCUT2D eigenvalue weighted by Crippen LogP contribution is 2.43. The lowest BCUT2D eigenvalue weighted by Crippen LogP contribution is -2.45. The third-order valence-corrected chi connectivity index (χ3v) is 13.9. The molecular formula is C62H114N2O6P+. The molecule has 412 valence electrons. The molecule has 3 atom stereocenters. The minimum atomic E-state index is -4.37. The molecule has 0 bridgehead atoms. The molecular weight excluding hydrogens is 900 g/mol. The van der Waals surface area contributed by atoms with Crippen molar-refractivity contribution in [3.63, 3.8) is 0 Å². The number of unbranched alkanes of at least 4 members (excludes halogenated alkanes) is 28. The van der Waals surface area contributed by atoms with Gasteiger partial charge < -0.3 is 19.8 Å². The zero-order valence-corrected chi connectivity index (χ0v) is 47.8. The number of allylic oxidation sites excluding steroid dienone is 13. The molecule has 3 unspecified atom stereocenters. The highest BCUT2D eigenvalue weighted by molar-refractivity contribution is 7.47. The topological polar surface area (TPSA) is 105 Å². The second-order valence-electron chi connectivity index (χ2n) is 21.0. The van der Waals surface area contributed by atoms with E-state index >= 15 is 0 Å². The summed E-state index contributed by atoms with van der Waals surface area (Å²) in [6.07, 6.45) is 74.1. The quantitative estimate of drug-likeness (QED) is 0.0243. The van der Waals surface area contributed by atoms with E-state index in [1.54, 1.807) is 6.08 Å². The van der Waals surface area contributed by atoms with Crippen LogP contribution in [0.15, 0.2) is 85.1 Å².